The molecular formula is C28H37N3O4. The first-order valence-corrected chi connectivity index (χ1v) is 12.1. The summed E-state index contributed by atoms with van der Waals surface area (Å²) in [5.74, 6) is 2.13. The number of aliphatic hydroxyl groups is 1. The number of aromatic nitrogens is 2. The van der Waals surface area contributed by atoms with Crippen molar-refractivity contribution in [2.24, 2.45) is 0 Å². The lowest BCUT2D eigenvalue weighted by Gasteiger charge is -2.25. The van der Waals surface area contributed by atoms with Crippen LogP contribution in [0.1, 0.15) is 31.0 Å². The second-order valence-corrected chi connectivity index (χ2v) is 8.36. The van der Waals surface area contributed by atoms with Crippen LogP contribution < -0.4 is 9.47 Å². The SMILES string of the molecule is C=CCC[C@H](O)CN(CCOC)Cc1c(CC)nn(-c2ccccc2)c1Oc1ccc(OC)cc1. The Morgan fingerprint density at radius 2 is 1.80 bits per heavy atom. The van der Waals surface area contributed by atoms with Gasteiger partial charge in [0.05, 0.1) is 36.8 Å². The molecule has 7 heteroatoms. The fourth-order valence-electron chi connectivity index (χ4n) is 3.90. The molecule has 3 rings (SSSR count). The van der Waals surface area contributed by atoms with Crippen LogP contribution in [0, 0.1) is 0 Å². The lowest BCUT2D eigenvalue weighted by atomic mass is 10.1. The maximum atomic E-state index is 10.6. The molecule has 0 aliphatic rings. The molecule has 7 nitrogen and oxygen atoms in total. The van der Waals surface area contributed by atoms with E-state index in [1.54, 1.807) is 14.2 Å². The molecule has 188 valence electrons. The zero-order valence-corrected chi connectivity index (χ0v) is 21.0. The van der Waals surface area contributed by atoms with E-state index in [9.17, 15) is 5.11 Å². The average molecular weight is 480 g/mol. The van der Waals surface area contributed by atoms with Gasteiger partial charge in [-0.15, -0.1) is 6.58 Å². The molecule has 3 aromatic rings. The van der Waals surface area contributed by atoms with Gasteiger partial charge >= 0.3 is 0 Å². The number of rotatable bonds is 15. The largest absolute Gasteiger partial charge is 0.497 e. The number of hydrogen-bond donors (Lipinski definition) is 1. The van der Waals surface area contributed by atoms with Gasteiger partial charge < -0.3 is 19.3 Å². The molecule has 0 saturated carbocycles. The fraction of sp³-hybridized carbons (Fsp3) is 0.393. The minimum Gasteiger partial charge on any atom is -0.497 e. The Hall–Kier alpha value is -3.13. The summed E-state index contributed by atoms with van der Waals surface area (Å²) < 4.78 is 19.0. The average Bonchev–Trinajstić information content (AvgIpc) is 3.23. The molecular weight excluding hydrogens is 442 g/mol. The summed E-state index contributed by atoms with van der Waals surface area (Å²) in [7, 11) is 3.33. The maximum Gasteiger partial charge on any atom is 0.227 e. The van der Waals surface area contributed by atoms with Gasteiger partial charge in [0.15, 0.2) is 0 Å². The first-order chi connectivity index (χ1) is 17.1. The predicted molar refractivity (Wildman–Crippen MR) is 139 cm³/mol. The molecule has 35 heavy (non-hydrogen) atoms. The molecule has 0 fully saturated rings. The minimum atomic E-state index is -0.454. The Balaban J connectivity index is 1.99. The van der Waals surface area contributed by atoms with E-state index in [0.717, 1.165) is 35.5 Å². The van der Waals surface area contributed by atoms with Crippen molar-refractivity contribution in [1.29, 1.82) is 0 Å². The van der Waals surface area contributed by atoms with E-state index in [4.69, 9.17) is 19.3 Å². The maximum absolute atomic E-state index is 10.6. The number of para-hydroxylation sites is 1. The molecule has 0 aliphatic carbocycles. The molecule has 0 unspecified atom stereocenters. The lowest BCUT2D eigenvalue weighted by Crippen LogP contribution is -2.34. The number of benzene rings is 2. The van der Waals surface area contributed by atoms with E-state index in [0.29, 0.717) is 44.3 Å². The number of methoxy groups -OCH3 is 2. The Morgan fingerprint density at radius 3 is 2.43 bits per heavy atom. The van der Waals surface area contributed by atoms with E-state index in [2.05, 4.69) is 18.4 Å². The van der Waals surface area contributed by atoms with E-state index in [1.807, 2.05) is 65.4 Å². The smallest absolute Gasteiger partial charge is 0.227 e. The second kappa shape index (κ2) is 13.7. The Kier molecular flexibility index (Phi) is 10.3. The van der Waals surface area contributed by atoms with E-state index < -0.39 is 6.10 Å². The van der Waals surface area contributed by atoms with Gasteiger partial charge in [-0.25, -0.2) is 4.68 Å². The number of aliphatic hydroxyl groups excluding tert-OH is 1. The van der Waals surface area contributed by atoms with E-state index in [1.165, 1.54) is 0 Å². The second-order valence-electron chi connectivity index (χ2n) is 8.36. The van der Waals surface area contributed by atoms with Crippen LogP contribution in [0.5, 0.6) is 17.4 Å². The van der Waals surface area contributed by atoms with Crippen molar-refractivity contribution in [3.8, 4) is 23.1 Å². The Morgan fingerprint density at radius 1 is 1.09 bits per heavy atom. The molecule has 0 amide bonds. The molecule has 0 aliphatic heterocycles. The Bertz CT molecular complexity index is 1030. The van der Waals surface area contributed by atoms with E-state index in [-0.39, 0.29) is 0 Å². The number of aryl methyl sites for hydroxylation is 1. The molecule has 1 heterocycles. The van der Waals surface area contributed by atoms with Crippen LogP contribution in [0.25, 0.3) is 5.69 Å². The van der Waals surface area contributed by atoms with Crippen molar-refractivity contribution in [3.63, 3.8) is 0 Å². The summed E-state index contributed by atoms with van der Waals surface area (Å²) in [4.78, 5) is 2.20. The van der Waals surface area contributed by atoms with Crippen LogP contribution in [0.15, 0.2) is 67.3 Å². The van der Waals surface area contributed by atoms with Crippen LogP contribution in [0.2, 0.25) is 0 Å². The van der Waals surface area contributed by atoms with Crippen molar-refractivity contribution in [1.82, 2.24) is 14.7 Å². The minimum absolute atomic E-state index is 0.454. The van der Waals surface area contributed by atoms with Crippen LogP contribution in [-0.4, -0.2) is 59.8 Å². The summed E-state index contributed by atoms with van der Waals surface area (Å²) in [5.41, 5.74) is 2.88. The Labute approximate surface area is 208 Å². The fourth-order valence-corrected chi connectivity index (χ4v) is 3.90. The quantitative estimate of drug-likeness (QED) is 0.309. The number of allylic oxidation sites excluding steroid dienone is 1. The molecule has 1 atom stereocenters. The third kappa shape index (κ3) is 7.42. The highest BCUT2D eigenvalue weighted by Gasteiger charge is 2.23. The van der Waals surface area contributed by atoms with Gasteiger partial charge in [-0.3, -0.25) is 4.90 Å². The van der Waals surface area contributed by atoms with Gasteiger partial charge in [-0.05, 0) is 55.7 Å². The van der Waals surface area contributed by atoms with Gasteiger partial charge in [-0.2, -0.15) is 5.10 Å². The van der Waals surface area contributed by atoms with Crippen LogP contribution in [-0.2, 0) is 17.7 Å². The first kappa shape index (κ1) is 26.5. The summed E-state index contributed by atoms with van der Waals surface area (Å²) >= 11 is 0. The van der Waals surface area contributed by atoms with Gasteiger partial charge in [0, 0.05) is 26.7 Å². The highest BCUT2D eigenvalue weighted by Crippen LogP contribution is 2.33. The third-order valence-corrected chi connectivity index (χ3v) is 5.80. The van der Waals surface area contributed by atoms with Crippen molar-refractivity contribution in [2.75, 3.05) is 33.9 Å². The first-order valence-electron chi connectivity index (χ1n) is 12.1. The van der Waals surface area contributed by atoms with Crippen molar-refractivity contribution >= 4 is 0 Å². The number of ether oxygens (including phenoxy) is 3. The predicted octanol–water partition coefficient (Wildman–Crippen LogP) is 5.01. The van der Waals surface area contributed by atoms with Crippen LogP contribution >= 0.6 is 0 Å². The van der Waals surface area contributed by atoms with Gasteiger partial charge in [-0.1, -0.05) is 31.2 Å². The number of nitrogens with zero attached hydrogens (tertiary/aromatic N) is 3. The van der Waals surface area contributed by atoms with Crippen molar-refractivity contribution in [3.05, 3.63) is 78.5 Å². The monoisotopic (exact) mass is 479 g/mol. The lowest BCUT2D eigenvalue weighted by molar-refractivity contribution is 0.0804. The van der Waals surface area contributed by atoms with Crippen molar-refractivity contribution in [2.45, 2.75) is 38.8 Å². The molecule has 0 bridgehead atoms. The van der Waals surface area contributed by atoms with Crippen LogP contribution in [0.4, 0.5) is 0 Å². The highest BCUT2D eigenvalue weighted by atomic mass is 16.5. The summed E-state index contributed by atoms with van der Waals surface area (Å²) in [6.45, 7) is 8.22. The molecule has 1 N–H and O–H groups in total. The molecule has 2 aromatic carbocycles. The van der Waals surface area contributed by atoms with Gasteiger partial charge in [0.1, 0.15) is 11.5 Å². The topological polar surface area (TPSA) is 69.0 Å². The van der Waals surface area contributed by atoms with Gasteiger partial charge in [0.25, 0.3) is 0 Å². The van der Waals surface area contributed by atoms with Gasteiger partial charge in [0.2, 0.25) is 5.88 Å². The standard InChI is InChI=1S/C28H37N3O4/c1-5-7-13-23(32)20-30(18-19-33-3)21-26-27(6-2)29-31(22-11-9-8-10-12-22)28(26)35-25-16-14-24(34-4)15-17-25/h5,8-12,14-17,23,32H,1,6-7,13,18-21H2,2-4H3/t23-/m0/s1. The summed E-state index contributed by atoms with van der Waals surface area (Å²) in [6.07, 6.45) is 3.59. The molecule has 0 saturated heterocycles. The molecule has 1 aromatic heterocycles. The summed E-state index contributed by atoms with van der Waals surface area (Å²) in [6, 6.07) is 17.5. The molecule has 0 radical (unpaired) electrons. The van der Waals surface area contributed by atoms with Crippen molar-refractivity contribution < 1.29 is 19.3 Å². The highest BCUT2D eigenvalue weighted by molar-refractivity contribution is 5.44. The molecule has 0 spiro atoms. The number of hydrogen-bond acceptors (Lipinski definition) is 6. The third-order valence-electron chi connectivity index (χ3n) is 5.80. The summed E-state index contributed by atoms with van der Waals surface area (Å²) in [5, 5.41) is 15.5. The van der Waals surface area contributed by atoms with Crippen LogP contribution in [0.3, 0.4) is 0 Å². The van der Waals surface area contributed by atoms with E-state index >= 15 is 0 Å². The normalized spacial score (nSPS) is 12.0. The zero-order chi connectivity index (χ0) is 25.0. The zero-order valence-electron chi connectivity index (χ0n) is 21.0.